The van der Waals surface area contributed by atoms with Crippen LogP contribution in [-0.2, 0) is 4.74 Å². The van der Waals surface area contributed by atoms with Crippen LogP contribution in [-0.4, -0.2) is 51.9 Å². The summed E-state index contributed by atoms with van der Waals surface area (Å²) in [5, 5.41) is 18.6. The van der Waals surface area contributed by atoms with Crippen LogP contribution in [0, 0.1) is 10.1 Å². The molecule has 4 rings (SSSR count). The summed E-state index contributed by atoms with van der Waals surface area (Å²) < 4.78 is 6.86. The Labute approximate surface area is 176 Å². The topological polar surface area (TPSA) is 115 Å². The second kappa shape index (κ2) is 8.47. The maximum atomic E-state index is 13.2. The number of halogens is 1. The van der Waals surface area contributed by atoms with Crippen LogP contribution in [0.5, 0.6) is 0 Å². The van der Waals surface area contributed by atoms with Crippen LogP contribution in [0.25, 0.3) is 5.69 Å². The molecule has 0 spiro atoms. The number of ether oxygens (including phenoxy) is 1. The molecule has 1 amide bonds. The Bertz CT molecular complexity index is 1080. The molecule has 0 aliphatic carbocycles. The fraction of sp³-hybridized carbons (Fsp3) is 0.211. The molecule has 1 fully saturated rings. The lowest BCUT2D eigenvalue weighted by molar-refractivity contribution is -0.384. The van der Waals surface area contributed by atoms with Gasteiger partial charge < -0.3 is 15.0 Å². The van der Waals surface area contributed by atoms with Crippen LogP contribution < -0.4 is 10.2 Å². The van der Waals surface area contributed by atoms with Gasteiger partial charge in [-0.15, -0.1) is 0 Å². The smallest absolute Gasteiger partial charge is 0.270 e. The SMILES string of the molecule is O=C(Nc1cc(Cl)ccc1-n1cncn1)c1cc([N+](=O)[O-])ccc1N1CCOCC1. The minimum absolute atomic E-state index is 0.167. The van der Waals surface area contributed by atoms with Gasteiger partial charge in [-0.25, -0.2) is 9.67 Å². The first-order valence-corrected chi connectivity index (χ1v) is 9.48. The van der Waals surface area contributed by atoms with E-state index in [1.807, 2.05) is 4.90 Å². The highest BCUT2D eigenvalue weighted by molar-refractivity contribution is 6.31. The average molecular weight is 429 g/mol. The molecule has 154 valence electrons. The highest BCUT2D eigenvalue weighted by Crippen LogP contribution is 2.29. The Morgan fingerprint density at radius 1 is 1.17 bits per heavy atom. The van der Waals surface area contributed by atoms with Crippen molar-refractivity contribution in [3.8, 4) is 5.69 Å². The first kappa shape index (κ1) is 19.8. The molecule has 0 bridgehead atoms. The van der Waals surface area contributed by atoms with Crippen molar-refractivity contribution in [3.63, 3.8) is 0 Å². The molecule has 2 heterocycles. The number of nitro groups is 1. The Morgan fingerprint density at radius 2 is 1.93 bits per heavy atom. The first-order chi connectivity index (χ1) is 14.5. The summed E-state index contributed by atoms with van der Waals surface area (Å²) in [6.45, 7) is 2.20. The van der Waals surface area contributed by atoms with E-state index in [4.69, 9.17) is 16.3 Å². The van der Waals surface area contributed by atoms with Gasteiger partial charge in [0.15, 0.2) is 0 Å². The standard InChI is InChI=1S/C19H17ClN6O4/c20-13-1-3-18(25-12-21-11-22-25)16(9-13)23-19(27)15-10-14(26(28)29)2-4-17(15)24-5-7-30-8-6-24/h1-4,9-12H,5-8H2,(H,23,27). The average Bonchev–Trinajstić information content (AvgIpc) is 3.28. The fourth-order valence-electron chi connectivity index (χ4n) is 3.23. The molecule has 1 saturated heterocycles. The Hall–Kier alpha value is -3.50. The van der Waals surface area contributed by atoms with Gasteiger partial charge in [-0.1, -0.05) is 11.6 Å². The number of morpholine rings is 1. The van der Waals surface area contributed by atoms with E-state index in [9.17, 15) is 14.9 Å². The van der Waals surface area contributed by atoms with Crippen LogP contribution in [0.4, 0.5) is 17.1 Å². The van der Waals surface area contributed by atoms with Crippen molar-refractivity contribution in [3.05, 3.63) is 69.8 Å². The van der Waals surface area contributed by atoms with Crippen molar-refractivity contribution < 1.29 is 14.5 Å². The van der Waals surface area contributed by atoms with E-state index in [1.54, 1.807) is 24.3 Å². The largest absolute Gasteiger partial charge is 0.378 e. The zero-order valence-corrected chi connectivity index (χ0v) is 16.5. The predicted molar refractivity (Wildman–Crippen MR) is 110 cm³/mol. The van der Waals surface area contributed by atoms with E-state index in [2.05, 4.69) is 15.4 Å². The van der Waals surface area contributed by atoms with E-state index in [-0.39, 0.29) is 11.3 Å². The van der Waals surface area contributed by atoms with Gasteiger partial charge in [0.2, 0.25) is 0 Å². The molecule has 2 aromatic carbocycles. The Morgan fingerprint density at radius 3 is 2.63 bits per heavy atom. The van der Waals surface area contributed by atoms with E-state index < -0.39 is 10.8 Å². The molecule has 1 aromatic heterocycles. The molecule has 1 aliphatic rings. The van der Waals surface area contributed by atoms with Crippen LogP contribution in [0.1, 0.15) is 10.4 Å². The van der Waals surface area contributed by atoms with Gasteiger partial charge in [-0.3, -0.25) is 14.9 Å². The molecule has 30 heavy (non-hydrogen) atoms. The zero-order chi connectivity index (χ0) is 21.1. The van der Waals surface area contributed by atoms with Gasteiger partial charge >= 0.3 is 0 Å². The van der Waals surface area contributed by atoms with Gasteiger partial charge in [0.05, 0.1) is 40.8 Å². The Kier molecular flexibility index (Phi) is 5.59. The van der Waals surface area contributed by atoms with Gasteiger partial charge in [0.25, 0.3) is 11.6 Å². The lowest BCUT2D eigenvalue weighted by atomic mass is 10.1. The number of hydrogen-bond donors (Lipinski definition) is 1. The predicted octanol–water partition coefficient (Wildman–Crippen LogP) is 2.92. The number of nitrogens with one attached hydrogen (secondary N) is 1. The number of carbonyl (C=O) groups is 1. The summed E-state index contributed by atoms with van der Waals surface area (Å²) in [7, 11) is 0. The quantitative estimate of drug-likeness (QED) is 0.490. The van der Waals surface area contributed by atoms with Crippen LogP contribution >= 0.6 is 11.6 Å². The van der Waals surface area contributed by atoms with Gasteiger partial charge in [-0.05, 0) is 24.3 Å². The molecule has 10 nitrogen and oxygen atoms in total. The number of nitrogens with zero attached hydrogens (tertiary/aromatic N) is 5. The third-order valence-corrected chi connectivity index (χ3v) is 4.89. The number of benzene rings is 2. The van der Waals surface area contributed by atoms with Crippen LogP contribution in [0.15, 0.2) is 49.1 Å². The molecule has 0 radical (unpaired) electrons. The summed E-state index contributed by atoms with van der Waals surface area (Å²) >= 11 is 6.12. The van der Waals surface area contributed by atoms with E-state index in [0.29, 0.717) is 48.4 Å². The summed E-state index contributed by atoms with van der Waals surface area (Å²) in [6, 6.07) is 9.21. The lowest BCUT2D eigenvalue weighted by Gasteiger charge is -2.30. The number of non-ortho nitro benzene ring substituents is 1. The van der Waals surface area contributed by atoms with Gasteiger partial charge in [0.1, 0.15) is 12.7 Å². The van der Waals surface area contributed by atoms with E-state index >= 15 is 0 Å². The van der Waals surface area contributed by atoms with Gasteiger partial charge in [0, 0.05) is 30.2 Å². The fourth-order valence-corrected chi connectivity index (χ4v) is 3.40. The van der Waals surface area contributed by atoms with Crippen molar-refractivity contribution in [1.29, 1.82) is 0 Å². The number of nitro benzene ring substituents is 1. The summed E-state index contributed by atoms with van der Waals surface area (Å²) in [6.07, 6.45) is 2.86. The molecule has 0 unspecified atom stereocenters. The molecule has 1 N–H and O–H groups in total. The highest BCUT2D eigenvalue weighted by atomic mass is 35.5. The minimum Gasteiger partial charge on any atom is -0.378 e. The van der Waals surface area contributed by atoms with Crippen molar-refractivity contribution in [2.45, 2.75) is 0 Å². The van der Waals surface area contributed by atoms with Crippen molar-refractivity contribution in [2.75, 3.05) is 36.5 Å². The monoisotopic (exact) mass is 428 g/mol. The number of amides is 1. The molecule has 0 atom stereocenters. The third-order valence-electron chi connectivity index (χ3n) is 4.66. The molecule has 11 heteroatoms. The number of anilines is 2. The van der Waals surface area contributed by atoms with Crippen molar-refractivity contribution >= 4 is 34.6 Å². The Balaban J connectivity index is 1.72. The number of aromatic nitrogens is 3. The minimum atomic E-state index is -0.528. The third kappa shape index (κ3) is 4.09. The normalized spacial score (nSPS) is 13.8. The van der Waals surface area contributed by atoms with Crippen molar-refractivity contribution in [1.82, 2.24) is 14.8 Å². The summed E-state index contributed by atoms with van der Waals surface area (Å²) in [5.41, 5.74) is 1.59. The maximum absolute atomic E-state index is 13.2. The summed E-state index contributed by atoms with van der Waals surface area (Å²) in [4.78, 5) is 29.8. The van der Waals surface area contributed by atoms with E-state index in [0.717, 1.165) is 0 Å². The molecule has 3 aromatic rings. The maximum Gasteiger partial charge on any atom is 0.270 e. The molecular formula is C19H17ClN6O4. The zero-order valence-electron chi connectivity index (χ0n) is 15.7. The van der Waals surface area contributed by atoms with Gasteiger partial charge in [-0.2, -0.15) is 5.10 Å². The molecule has 0 saturated carbocycles. The molecular weight excluding hydrogens is 412 g/mol. The lowest BCUT2D eigenvalue weighted by Crippen LogP contribution is -2.37. The van der Waals surface area contributed by atoms with Crippen LogP contribution in [0.3, 0.4) is 0 Å². The van der Waals surface area contributed by atoms with Crippen molar-refractivity contribution in [2.24, 2.45) is 0 Å². The second-order valence-electron chi connectivity index (χ2n) is 6.51. The molecule has 1 aliphatic heterocycles. The van der Waals surface area contributed by atoms with E-state index in [1.165, 1.54) is 29.5 Å². The highest BCUT2D eigenvalue weighted by Gasteiger charge is 2.23. The first-order valence-electron chi connectivity index (χ1n) is 9.10. The van der Waals surface area contributed by atoms with Crippen LogP contribution in [0.2, 0.25) is 5.02 Å². The second-order valence-corrected chi connectivity index (χ2v) is 6.95. The number of hydrogen-bond acceptors (Lipinski definition) is 7. The number of carbonyl (C=O) groups excluding carboxylic acids is 1. The summed E-state index contributed by atoms with van der Waals surface area (Å²) in [5.74, 6) is -0.496. The number of rotatable bonds is 5.